The van der Waals surface area contributed by atoms with Gasteiger partial charge in [0.1, 0.15) is 0 Å². The number of nitrogens with one attached hydrogen (secondary N) is 1. The number of nitrogens with two attached hydrogens (primary N) is 1. The Morgan fingerprint density at radius 1 is 1.38 bits per heavy atom. The molecule has 0 atom stereocenters. The Morgan fingerprint density at radius 3 is 2.43 bits per heavy atom. The van der Waals surface area contributed by atoms with Gasteiger partial charge in [-0.15, -0.1) is 0 Å². The van der Waals surface area contributed by atoms with Gasteiger partial charge in [0.25, 0.3) is 0 Å². The molecule has 3 N–H and O–H groups in total. The topological polar surface area (TPSA) is 115 Å². The number of halogens is 1. The van der Waals surface area contributed by atoms with Gasteiger partial charge in [0.15, 0.2) is 4.90 Å². The van der Waals surface area contributed by atoms with Gasteiger partial charge in [-0.25, -0.2) is 13.1 Å². The molecule has 0 unspecified atom stereocenters. The third-order valence-electron chi connectivity index (χ3n) is 3.44. The van der Waals surface area contributed by atoms with Crippen LogP contribution in [0.3, 0.4) is 0 Å². The van der Waals surface area contributed by atoms with E-state index < -0.39 is 36.9 Å². The highest BCUT2D eigenvalue weighted by atomic mass is 32.2. The fourth-order valence-electron chi connectivity index (χ4n) is 1.71. The smallest absolute Gasteiger partial charge is 0.324 e. The van der Waals surface area contributed by atoms with Crippen molar-refractivity contribution in [2.45, 2.75) is 37.1 Å². The van der Waals surface area contributed by atoms with Crippen LogP contribution in [0.4, 0.5) is 10.1 Å². The monoisotopic (exact) mass is 319 g/mol. The number of nitro benzene ring substituents is 1. The molecule has 0 spiro atoms. The number of hydrogen-bond acceptors (Lipinski definition) is 5. The van der Waals surface area contributed by atoms with Crippen LogP contribution in [-0.4, -0.2) is 25.4 Å². The van der Waals surface area contributed by atoms with Crippen LogP contribution in [0.2, 0.25) is 0 Å². The van der Waals surface area contributed by atoms with Gasteiger partial charge in [-0.1, -0.05) is 19.9 Å². The first-order chi connectivity index (χ1) is 9.67. The number of rotatable bonds is 7. The molecule has 0 aliphatic heterocycles. The summed E-state index contributed by atoms with van der Waals surface area (Å²) in [7, 11) is -4.22. The lowest BCUT2D eigenvalue weighted by atomic mass is 9.95. The molecule has 0 saturated carbocycles. The molecule has 0 fully saturated rings. The van der Waals surface area contributed by atoms with Gasteiger partial charge in [-0.3, -0.25) is 10.1 Å². The molecule has 118 valence electrons. The molecule has 0 aliphatic rings. The minimum atomic E-state index is -4.22. The first kappa shape index (κ1) is 17.5. The van der Waals surface area contributed by atoms with Crippen LogP contribution in [-0.2, 0) is 10.0 Å². The van der Waals surface area contributed by atoms with E-state index in [0.29, 0.717) is 12.8 Å². The average molecular weight is 319 g/mol. The van der Waals surface area contributed by atoms with E-state index in [-0.39, 0.29) is 6.54 Å². The lowest BCUT2D eigenvalue weighted by Gasteiger charge is -2.26. The van der Waals surface area contributed by atoms with Gasteiger partial charge < -0.3 is 5.73 Å². The van der Waals surface area contributed by atoms with E-state index in [0.717, 1.165) is 18.2 Å². The molecule has 1 rings (SSSR count). The van der Waals surface area contributed by atoms with E-state index in [9.17, 15) is 22.9 Å². The molecule has 0 heterocycles. The molecule has 1 aromatic carbocycles. The van der Waals surface area contributed by atoms with Crippen LogP contribution < -0.4 is 10.5 Å². The van der Waals surface area contributed by atoms with E-state index in [2.05, 4.69) is 4.72 Å². The maximum absolute atomic E-state index is 13.5. The number of para-hydroxylation sites is 1. The van der Waals surface area contributed by atoms with Gasteiger partial charge >= 0.3 is 5.69 Å². The zero-order chi connectivity index (χ0) is 16.3. The van der Waals surface area contributed by atoms with Gasteiger partial charge in [-0.05, 0) is 25.0 Å². The molecular weight excluding hydrogens is 301 g/mol. The Morgan fingerprint density at radius 2 is 1.95 bits per heavy atom. The summed E-state index contributed by atoms with van der Waals surface area (Å²) in [6.07, 6.45) is 1.05. The summed E-state index contributed by atoms with van der Waals surface area (Å²) in [5.74, 6) is -1.20. The second-order valence-corrected chi connectivity index (χ2v) is 6.47. The first-order valence-electron chi connectivity index (χ1n) is 6.38. The number of nitrogens with zero attached hydrogens (tertiary/aromatic N) is 1. The molecule has 1 aromatic rings. The minimum Gasteiger partial charge on any atom is -0.324 e. The van der Waals surface area contributed by atoms with E-state index >= 15 is 0 Å². The summed E-state index contributed by atoms with van der Waals surface area (Å²) in [5.41, 5.74) is 4.15. The molecule has 21 heavy (non-hydrogen) atoms. The van der Waals surface area contributed by atoms with Crippen LogP contribution >= 0.6 is 0 Å². The Kier molecular flexibility index (Phi) is 5.37. The molecule has 9 heteroatoms. The quantitative estimate of drug-likeness (QED) is 0.584. The van der Waals surface area contributed by atoms with E-state index in [4.69, 9.17) is 5.73 Å². The van der Waals surface area contributed by atoms with Crippen molar-refractivity contribution in [3.05, 3.63) is 34.1 Å². The zero-order valence-corrected chi connectivity index (χ0v) is 12.6. The summed E-state index contributed by atoms with van der Waals surface area (Å²) < 4.78 is 40.0. The predicted molar refractivity (Wildman–Crippen MR) is 75.7 cm³/mol. The van der Waals surface area contributed by atoms with E-state index in [1.807, 2.05) is 13.8 Å². The largest absolute Gasteiger partial charge is 0.324 e. The van der Waals surface area contributed by atoms with E-state index in [1.54, 1.807) is 0 Å². The number of hydrogen-bond donors (Lipinski definition) is 2. The van der Waals surface area contributed by atoms with Crippen molar-refractivity contribution in [2.75, 3.05) is 6.54 Å². The maximum atomic E-state index is 13.5. The molecular formula is C12H18FN3O4S. The maximum Gasteiger partial charge on any atom is 0.324 e. The number of benzene rings is 1. The molecule has 0 aromatic heterocycles. The Hall–Kier alpha value is -1.58. The van der Waals surface area contributed by atoms with E-state index in [1.165, 1.54) is 0 Å². The second kappa shape index (κ2) is 6.46. The average Bonchev–Trinajstić information content (AvgIpc) is 2.44. The minimum absolute atomic E-state index is 0.0873. The number of sulfonamides is 1. The Bertz CT molecular complexity index is 629. The predicted octanol–water partition coefficient (Wildman–Crippen LogP) is 1.53. The van der Waals surface area contributed by atoms with Crippen LogP contribution in [0, 0.1) is 15.9 Å². The fourth-order valence-corrected chi connectivity index (χ4v) is 3.02. The summed E-state index contributed by atoms with van der Waals surface area (Å²) in [4.78, 5) is 9.09. The van der Waals surface area contributed by atoms with Crippen LogP contribution in [0.5, 0.6) is 0 Å². The zero-order valence-electron chi connectivity index (χ0n) is 11.8. The lowest BCUT2D eigenvalue weighted by molar-refractivity contribution is -0.390. The van der Waals surface area contributed by atoms with Crippen LogP contribution in [0.25, 0.3) is 0 Å². The second-order valence-electron chi connectivity index (χ2n) is 4.74. The molecule has 0 bridgehead atoms. The summed E-state index contributed by atoms with van der Waals surface area (Å²) in [6, 6.07) is 2.92. The summed E-state index contributed by atoms with van der Waals surface area (Å²) >= 11 is 0. The third-order valence-corrected chi connectivity index (χ3v) is 4.88. The molecule has 0 radical (unpaired) electrons. The van der Waals surface area contributed by atoms with Crippen LogP contribution in [0.1, 0.15) is 26.7 Å². The van der Waals surface area contributed by atoms with Crippen molar-refractivity contribution in [1.29, 1.82) is 0 Å². The van der Waals surface area contributed by atoms with Crippen molar-refractivity contribution in [2.24, 2.45) is 5.73 Å². The highest BCUT2D eigenvalue weighted by Gasteiger charge is 2.31. The van der Waals surface area contributed by atoms with Gasteiger partial charge in [0, 0.05) is 12.1 Å². The highest BCUT2D eigenvalue weighted by molar-refractivity contribution is 7.89. The van der Waals surface area contributed by atoms with Crippen molar-refractivity contribution in [1.82, 2.24) is 4.72 Å². The molecule has 0 amide bonds. The Labute approximate surface area is 122 Å². The van der Waals surface area contributed by atoms with Crippen molar-refractivity contribution in [3.63, 3.8) is 0 Å². The van der Waals surface area contributed by atoms with Crippen molar-refractivity contribution < 1.29 is 17.7 Å². The standard InChI is InChI=1S/C12H18FN3O4S/c1-3-12(14,4-2)8-15-21(19,20)10-7-5-6-9(13)11(10)16(17)18/h5-7,15H,3-4,8,14H2,1-2H3. The Balaban J connectivity index is 3.16. The molecule has 7 nitrogen and oxygen atoms in total. The normalized spacial score (nSPS) is 12.4. The summed E-state index contributed by atoms with van der Waals surface area (Å²) in [6.45, 7) is 3.53. The first-order valence-corrected chi connectivity index (χ1v) is 7.86. The third kappa shape index (κ3) is 3.96. The molecule has 0 saturated heterocycles. The van der Waals surface area contributed by atoms with Crippen molar-refractivity contribution >= 4 is 15.7 Å². The molecule has 0 aliphatic carbocycles. The SMILES string of the molecule is CCC(N)(CC)CNS(=O)(=O)c1cccc(F)c1[N+](=O)[O-]. The fraction of sp³-hybridized carbons (Fsp3) is 0.500. The number of nitro groups is 1. The van der Waals surface area contributed by atoms with Crippen molar-refractivity contribution in [3.8, 4) is 0 Å². The summed E-state index contributed by atoms with van der Waals surface area (Å²) in [5, 5.41) is 10.9. The highest BCUT2D eigenvalue weighted by Crippen LogP contribution is 2.26. The van der Waals surface area contributed by atoms with Gasteiger partial charge in [0.05, 0.1) is 4.92 Å². The lowest BCUT2D eigenvalue weighted by Crippen LogP contribution is -2.49. The van der Waals surface area contributed by atoms with Crippen LogP contribution in [0.15, 0.2) is 23.1 Å². The van der Waals surface area contributed by atoms with Gasteiger partial charge in [0.2, 0.25) is 15.8 Å². The van der Waals surface area contributed by atoms with Gasteiger partial charge in [-0.2, -0.15) is 4.39 Å².